The topological polar surface area (TPSA) is 39.2 Å². The maximum atomic E-state index is 12.9. The van der Waals surface area contributed by atoms with Crippen LogP contribution in [0.15, 0.2) is 30.5 Å². The zero-order valence-corrected chi connectivity index (χ0v) is 11.2. The minimum absolute atomic E-state index is 0.189. The molecule has 0 N–H and O–H groups in total. The summed E-state index contributed by atoms with van der Waals surface area (Å²) in [5.74, 6) is -0.893. The number of hydrogen-bond acceptors (Lipinski definition) is 3. The first-order valence-electron chi connectivity index (χ1n) is 5.54. The Kier molecular flexibility index (Phi) is 3.81. The van der Waals surface area contributed by atoms with Crippen LogP contribution >= 0.6 is 11.6 Å². The first-order chi connectivity index (χ1) is 9.04. The molecule has 0 aliphatic carbocycles. The zero-order valence-electron chi connectivity index (χ0n) is 10.4. The maximum Gasteiger partial charge on any atom is 0.340 e. The highest BCUT2D eigenvalue weighted by atomic mass is 35.5. The summed E-state index contributed by atoms with van der Waals surface area (Å²) in [5, 5.41) is 0.256. The van der Waals surface area contributed by atoms with E-state index in [0.29, 0.717) is 16.8 Å². The number of pyridine rings is 1. The van der Waals surface area contributed by atoms with Crippen molar-refractivity contribution in [1.29, 1.82) is 0 Å². The Labute approximate surface area is 115 Å². The van der Waals surface area contributed by atoms with E-state index in [0.717, 1.165) is 0 Å². The number of hydrogen-bond donors (Lipinski definition) is 0. The lowest BCUT2D eigenvalue weighted by Crippen LogP contribution is -2.05. The number of methoxy groups -OCH3 is 1. The number of nitrogens with zero attached hydrogens (tertiary/aromatic N) is 1. The molecular weight excluding hydrogens is 269 g/mol. The lowest BCUT2D eigenvalue weighted by molar-refractivity contribution is 0.0600. The van der Waals surface area contributed by atoms with E-state index < -0.39 is 5.97 Å². The van der Waals surface area contributed by atoms with E-state index in [2.05, 4.69) is 9.72 Å². The molecule has 0 radical (unpaired) electrons. The predicted molar refractivity (Wildman–Crippen MR) is 70.7 cm³/mol. The van der Waals surface area contributed by atoms with Gasteiger partial charge in [-0.05, 0) is 24.6 Å². The van der Waals surface area contributed by atoms with Crippen LogP contribution in [0.25, 0.3) is 11.1 Å². The third-order valence-corrected chi connectivity index (χ3v) is 3.14. The molecule has 5 heteroatoms. The van der Waals surface area contributed by atoms with Gasteiger partial charge in [0.05, 0.1) is 17.7 Å². The van der Waals surface area contributed by atoms with Crippen LogP contribution in [0.5, 0.6) is 0 Å². The summed E-state index contributed by atoms with van der Waals surface area (Å²) in [6.45, 7) is 1.77. The molecule has 98 valence electrons. The molecule has 0 spiro atoms. The van der Waals surface area contributed by atoms with Gasteiger partial charge >= 0.3 is 5.97 Å². The van der Waals surface area contributed by atoms with Crippen molar-refractivity contribution in [1.82, 2.24) is 4.98 Å². The highest BCUT2D eigenvalue weighted by Gasteiger charge is 2.18. The second-order valence-electron chi connectivity index (χ2n) is 3.94. The predicted octanol–water partition coefficient (Wildman–Crippen LogP) is 3.64. The second-order valence-corrected chi connectivity index (χ2v) is 4.32. The molecule has 0 atom stereocenters. The molecule has 1 aromatic carbocycles. The highest BCUT2D eigenvalue weighted by Crippen LogP contribution is 2.33. The molecule has 0 saturated carbocycles. The van der Waals surface area contributed by atoms with Gasteiger partial charge in [0, 0.05) is 17.5 Å². The van der Waals surface area contributed by atoms with Crippen LogP contribution in [0.4, 0.5) is 4.39 Å². The van der Waals surface area contributed by atoms with Crippen molar-refractivity contribution in [2.45, 2.75) is 6.92 Å². The number of ether oxygens (including phenoxy) is 1. The highest BCUT2D eigenvalue weighted by molar-refractivity contribution is 6.36. The summed E-state index contributed by atoms with van der Waals surface area (Å²) in [4.78, 5) is 15.7. The molecule has 19 heavy (non-hydrogen) atoms. The van der Waals surface area contributed by atoms with Gasteiger partial charge in [-0.15, -0.1) is 0 Å². The van der Waals surface area contributed by atoms with Crippen LogP contribution in [0.1, 0.15) is 16.1 Å². The quantitative estimate of drug-likeness (QED) is 0.788. The van der Waals surface area contributed by atoms with Crippen molar-refractivity contribution in [3.05, 3.63) is 52.6 Å². The van der Waals surface area contributed by atoms with Crippen LogP contribution in [0.3, 0.4) is 0 Å². The second kappa shape index (κ2) is 5.36. The number of rotatable bonds is 2. The summed E-state index contributed by atoms with van der Waals surface area (Å²) in [6.07, 6.45) is 1.37. The van der Waals surface area contributed by atoms with E-state index in [1.807, 2.05) is 0 Å². The van der Waals surface area contributed by atoms with Crippen molar-refractivity contribution in [2.24, 2.45) is 0 Å². The largest absolute Gasteiger partial charge is 0.465 e. The van der Waals surface area contributed by atoms with Gasteiger partial charge in [-0.1, -0.05) is 23.7 Å². The average molecular weight is 280 g/mol. The normalized spacial score (nSPS) is 10.3. The third-order valence-electron chi connectivity index (χ3n) is 2.74. The fraction of sp³-hybridized carbons (Fsp3) is 0.143. The van der Waals surface area contributed by atoms with E-state index in [-0.39, 0.29) is 16.4 Å². The van der Waals surface area contributed by atoms with Crippen molar-refractivity contribution in [3.8, 4) is 11.1 Å². The molecule has 3 nitrogen and oxygen atoms in total. The molecule has 0 aliphatic heterocycles. The van der Waals surface area contributed by atoms with Gasteiger partial charge in [0.1, 0.15) is 5.82 Å². The molecular formula is C14H11ClFNO2. The number of benzene rings is 1. The van der Waals surface area contributed by atoms with Crippen molar-refractivity contribution < 1.29 is 13.9 Å². The van der Waals surface area contributed by atoms with Crippen LogP contribution in [-0.4, -0.2) is 18.1 Å². The van der Waals surface area contributed by atoms with Crippen molar-refractivity contribution in [2.75, 3.05) is 7.11 Å². The van der Waals surface area contributed by atoms with Crippen LogP contribution in [0.2, 0.25) is 5.02 Å². The van der Waals surface area contributed by atoms with Gasteiger partial charge in [0.2, 0.25) is 0 Å². The van der Waals surface area contributed by atoms with Crippen LogP contribution in [-0.2, 0) is 4.74 Å². The van der Waals surface area contributed by atoms with E-state index >= 15 is 0 Å². The van der Waals surface area contributed by atoms with Gasteiger partial charge in [0.15, 0.2) is 0 Å². The summed E-state index contributed by atoms with van der Waals surface area (Å²) < 4.78 is 17.6. The fourth-order valence-electron chi connectivity index (χ4n) is 1.78. The minimum atomic E-state index is -0.555. The number of esters is 1. The molecule has 1 aromatic heterocycles. The minimum Gasteiger partial charge on any atom is -0.465 e. The summed E-state index contributed by atoms with van der Waals surface area (Å²) in [6, 6.07) is 5.84. The summed E-state index contributed by atoms with van der Waals surface area (Å²) in [5.41, 5.74) is 2.14. The Bertz CT molecular complexity index is 626. The average Bonchev–Trinajstić information content (AvgIpc) is 2.40. The molecule has 1 heterocycles. The first kappa shape index (κ1) is 13.5. The standard InChI is InChI=1S/C14H11ClFNO2/c1-8-12(9-3-5-10(16)6-4-9)13(15)11(7-17-8)14(18)19-2/h3-7H,1-2H3. The molecule has 2 aromatic rings. The van der Waals surface area contributed by atoms with Gasteiger partial charge < -0.3 is 4.74 Å². The molecule has 0 unspecified atom stereocenters. The van der Waals surface area contributed by atoms with Gasteiger partial charge in [0.25, 0.3) is 0 Å². The molecule has 2 rings (SSSR count). The van der Waals surface area contributed by atoms with Crippen LogP contribution < -0.4 is 0 Å². The van der Waals surface area contributed by atoms with Gasteiger partial charge in [-0.2, -0.15) is 0 Å². The number of carbonyl (C=O) groups is 1. The van der Waals surface area contributed by atoms with Crippen LogP contribution in [0, 0.1) is 12.7 Å². The monoisotopic (exact) mass is 279 g/mol. The number of aryl methyl sites for hydroxylation is 1. The van der Waals surface area contributed by atoms with Gasteiger partial charge in [-0.3, -0.25) is 4.98 Å². The Hall–Kier alpha value is -1.94. The lowest BCUT2D eigenvalue weighted by Gasteiger charge is -2.11. The number of carbonyl (C=O) groups excluding carboxylic acids is 1. The maximum absolute atomic E-state index is 12.9. The smallest absolute Gasteiger partial charge is 0.340 e. The molecule has 0 fully saturated rings. The van der Waals surface area contributed by atoms with E-state index in [9.17, 15) is 9.18 Å². The van der Waals surface area contributed by atoms with E-state index in [1.54, 1.807) is 19.1 Å². The molecule has 0 bridgehead atoms. The molecule has 0 saturated heterocycles. The van der Waals surface area contributed by atoms with E-state index in [1.165, 1.54) is 25.4 Å². The SMILES string of the molecule is COC(=O)c1cnc(C)c(-c2ccc(F)cc2)c1Cl. The Morgan fingerprint density at radius 1 is 1.32 bits per heavy atom. The first-order valence-corrected chi connectivity index (χ1v) is 5.91. The summed E-state index contributed by atoms with van der Waals surface area (Å²) in [7, 11) is 1.27. The van der Waals surface area contributed by atoms with Gasteiger partial charge in [-0.25, -0.2) is 9.18 Å². The van der Waals surface area contributed by atoms with E-state index in [4.69, 9.17) is 11.6 Å². The Morgan fingerprint density at radius 2 is 1.95 bits per heavy atom. The molecule has 0 aliphatic rings. The zero-order chi connectivity index (χ0) is 14.0. The van der Waals surface area contributed by atoms with Crippen molar-refractivity contribution >= 4 is 17.6 Å². The Balaban J connectivity index is 2.62. The molecule has 0 amide bonds. The fourth-order valence-corrected chi connectivity index (χ4v) is 2.15. The Morgan fingerprint density at radius 3 is 2.53 bits per heavy atom. The van der Waals surface area contributed by atoms with Crippen molar-refractivity contribution in [3.63, 3.8) is 0 Å². The summed E-state index contributed by atoms with van der Waals surface area (Å²) >= 11 is 6.23. The number of halogens is 2. The lowest BCUT2D eigenvalue weighted by atomic mass is 10.0. The number of aromatic nitrogens is 1. The third kappa shape index (κ3) is 2.58.